The predicted octanol–water partition coefficient (Wildman–Crippen LogP) is 1.33. The van der Waals surface area contributed by atoms with E-state index in [9.17, 15) is 18.0 Å². The lowest BCUT2D eigenvalue weighted by Gasteiger charge is -2.26. The Morgan fingerprint density at radius 2 is 1.83 bits per heavy atom. The number of rotatable bonds is 7. The SMILES string of the molecule is CC(=O)Nc1ccc(N(CCNC(=O)C2CCC2)S(C)(=O)=O)cc1. The molecule has 24 heavy (non-hydrogen) atoms. The largest absolute Gasteiger partial charge is 0.354 e. The second-order valence-corrected chi connectivity index (χ2v) is 7.89. The summed E-state index contributed by atoms with van der Waals surface area (Å²) in [5.74, 6) is -0.120. The van der Waals surface area contributed by atoms with E-state index >= 15 is 0 Å². The summed E-state index contributed by atoms with van der Waals surface area (Å²) < 4.78 is 25.3. The molecule has 0 spiro atoms. The van der Waals surface area contributed by atoms with Gasteiger partial charge in [-0.05, 0) is 37.1 Å². The molecule has 1 aliphatic rings. The molecule has 0 aromatic heterocycles. The lowest BCUT2D eigenvalue weighted by atomic mass is 9.85. The minimum atomic E-state index is -3.47. The van der Waals surface area contributed by atoms with E-state index in [0.717, 1.165) is 25.5 Å². The number of nitrogens with one attached hydrogen (secondary N) is 2. The topological polar surface area (TPSA) is 95.6 Å². The number of carbonyl (C=O) groups is 2. The second-order valence-electron chi connectivity index (χ2n) is 5.98. The smallest absolute Gasteiger partial charge is 0.232 e. The first-order valence-electron chi connectivity index (χ1n) is 7.90. The summed E-state index contributed by atoms with van der Waals surface area (Å²) in [4.78, 5) is 22.8. The molecular weight excluding hydrogens is 330 g/mol. The molecule has 0 saturated heterocycles. The molecule has 1 fully saturated rings. The minimum absolute atomic E-state index is 0.00397. The molecule has 2 rings (SSSR count). The number of sulfonamides is 1. The molecule has 2 N–H and O–H groups in total. The molecule has 0 aliphatic heterocycles. The normalized spacial score (nSPS) is 14.6. The van der Waals surface area contributed by atoms with Crippen molar-refractivity contribution in [2.24, 2.45) is 5.92 Å². The molecule has 8 heteroatoms. The Kier molecular flexibility index (Phi) is 5.82. The first-order valence-corrected chi connectivity index (χ1v) is 9.75. The third-order valence-electron chi connectivity index (χ3n) is 3.97. The second kappa shape index (κ2) is 7.65. The van der Waals surface area contributed by atoms with Crippen LogP contribution in [0.5, 0.6) is 0 Å². The summed E-state index contributed by atoms with van der Waals surface area (Å²) in [5, 5.41) is 5.42. The van der Waals surface area contributed by atoms with Crippen LogP contribution in [0.25, 0.3) is 0 Å². The van der Waals surface area contributed by atoms with Crippen molar-refractivity contribution in [1.29, 1.82) is 0 Å². The Morgan fingerprint density at radius 1 is 1.21 bits per heavy atom. The number of anilines is 2. The maximum absolute atomic E-state index is 12.0. The van der Waals surface area contributed by atoms with Crippen LogP contribution in [0.3, 0.4) is 0 Å². The van der Waals surface area contributed by atoms with Gasteiger partial charge in [-0.1, -0.05) is 6.42 Å². The van der Waals surface area contributed by atoms with Crippen molar-refractivity contribution in [1.82, 2.24) is 5.32 Å². The Bertz CT molecular complexity index is 697. The van der Waals surface area contributed by atoms with Gasteiger partial charge in [0.15, 0.2) is 0 Å². The van der Waals surface area contributed by atoms with Gasteiger partial charge in [-0.3, -0.25) is 13.9 Å². The fourth-order valence-corrected chi connectivity index (χ4v) is 3.42. The van der Waals surface area contributed by atoms with Crippen LogP contribution >= 0.6 is 0 Å². The van der Waals surface area contributed by atoms with Crippen LogP contribution in [0, 0.1) is 5.92 Å². The highest BCUT2D eigenvalue weighted by molar-refractivity contribution is 7.92. The molecule has 0 atom stereocenters. The number of benzene rings is 1. The summed E-state index contributed by atoms with van der Waals surface area (Å²) in [7, 11) is -3.47. The summed E-state index contributed by atoms with van der Waals surface area (Å²) in [6.07, 6.45) is 4.02. The van der Waals surface area contributed by atoms with E-state index in [1.54, 1.807) is 24.3 Å². The molecular formula is C16H23N3O4S. The van der Waals surface area contributed by atoms with Crippen molar-refractivity contribution < 1.29 is 18.0 Å². The molecule has 132 valence electrons. The number of amides is 2. The van der Waals surface area contributed by atoms with Crippen molar-refractivity contribution in [2.75, 3.05) is 29.0 Å². The zero-order valence-corrected chi connectivity index (χ0v) is 14.7. The standard InChI is InChI=1S/C16H23N3O4S/c1-12(20)18-14-6-8-15(9-7-14)19(24(2,22)23)11-10-17-16(21)13-4-3-5-13/h6-9,13H,3-5,10-11H2,1-2H3,(H,17,21)(H,18,20). The quantitative estimate of drug-likeness (QED) is 0.773. The molecule has 1 saturated carbocycles. The van der Waals surface area contributed by atoms with E-state index < -0.39 is 10.0 Å². The number of carbonyl (C=O) groups excluding carboxylic acids is 2. The van der Waals surface area contributed by atoms with Crippen molar-refractivity contribution in [3.8, 4) is 0 Å². The van der Waals surface area contributed by atoms with Gasteiger partial charge in [0.2, 0.25) is 21.8 Å². The molecule has 0 radical (unpaired) electrons. The van der Waals surface area contributed by atoms with E-state index in [0.29, 0.717) is 11.4 Å². The van der Waals surface area contributed by atoms with Crippen molar-refractivity contribution >= 4 is 33.2 Å². The molecule has 1 aliphatic carbocycles. The molecule has 0 bridgehead atoms. The van der Waals surface area contributed by atoms with Gasteiger partial charge in [0.1, 0.15) is 0 Å². The maximum atomic E-state index is 12.0. The fraction of sp³-hybridized carbons (Fsp3) is 0.500. The number of hydrogen-bond acceptors (Lipinski definition) is 4. The summed E-state index contributed by atoms with van der Waals surface area (Å²) in [6.45, 7) is 1.83. The fourth-order valence-electron chi connectivity index (χ4n) is 2.50. The minimum Gasteiger partial charge on any atom is -0.354 e. The van der Waals surface area contributed by atoms with Gasteiger partial charge in [0.05, 0.1) is 18.5 Å². The third kappa shape index (κ3) is 4.95. The lowest BCUT2D eigenvalue weighted by molar-refractivity contribution is -0.127. The van der Waals surface area contributed by atoms with Crippen molar-refractivity contribution in [3.63, 3.8) is 0 Å². The van der Waals surface area contributed by atoms with Gasteiger partial charge < -0.3 is 10.6 Å². The van der Waals surface area contributed by atoms with Crippen molar-refractivity contribution in [2.45, 2.75) is 26.2 Å². The first-order chi connectivity index (χ1) is 11.3. The Morgan fingerprint density at radius 3 is 2.29 bits per heavy atom. The van der Waals surface area contributed by atoms with Gasteiger partial charge in [-0.2, -0.15) is 0 Å². The Balaban J connectivity index is 2.00. The highest BCUT2D eigenvalue weighted by atomic mass is 32.2. The van der Waals surface area contributed by atoms with Crippen LogP contribution in [-0.4, -0.2) is 39.6 Å². The molecule has 1 aromatic carbocycles. The van der Waals surface area contributed by atoms with Gasteiger partial charge in [0, 0.05) is 25.1 Å². The average Bonchev–Trinajstić information content (AvgIpc) is 2.41. The number of hydrogen-bond donors (Lipinski definition) is 2. The summed E-state index contributed by atoms with van der Waals surface area (Å²) in [5.41, 5.74) is 1.09. The Hall–Kier alpha value is -2.09. The Labute approximate surface area is 142 Å². The molecule has 0 heterocycles. The molecule has 2 amide bonds. The van der Waals surface area contributed by atoms with Gasteiger partial charge in [-0.15, -0.1) is 0 Å². The van der Waals surface area contributed by atoms with Crippen LogP contribution in [0.4, 0.5) is 11.4 Å². The zero-order valence-electron chi connectivity index (χ0n) is 13.9. The summed E-state index contributed by atoms with van der Waals surface area (Å²) >= 11 is 0. The van der Waals surface area contributed by atoms with E-state index in [1.165, 1.54) is 11.2 Å². The third-order valence-corrected chi connectivity index (χ3v) is 5.16. The summed E-state index contributed by atoms with van der Waals surface area (Å²) in [6, 6.07) is 6.53. The highest BCUT2D eigenvalue weighted by Crippen LogP contribution is 2.26. The lowest BCUT2D eigenvalue weighted by Crippen LogP contribution is -2.41. The average molecular weight is 353 g/mol. The van der Waals surface area contributed by atoms with Gasteiger partial charge >= 0.3 is 0 Å². The molecule has 7 nitrogen and oxygen atoms in total. The number of nitrogens with zero attached hydrogens (tertiary/aromatic N) is 1. The van der Waals surface area contributed by atoms with Crippen molar-refractivity contribution in [3.05, 3.63) is 24.3 Å². The molecule has 0 unspecified atom stereocenters. The maximum Gasteiger partial charge on any atom is 0.232 e. The van der Waals surface area contributed by atoms with E-state index in [2.05, 4.69) is 10.6 Å². The predicted molar refractivity (Wildman–Crippen MR) is 93.3 cm³/mol. The highest BCUT2D eigenvalue weighted by Gasteiger charge is 2.25. The zero-order chi connectivity index (χ0) is 17.7. The molecule has 1 aromatic rings. The van der Waals surface area contributed by atoms with Gasteiger partial charge in [0.25, 0.3) is 0 Å². The van der Waals surface area contributed by atoms with Gasteiger partial charge in [-0.25, -0.2) is 8.42 Å². The van der Waals surface area contributed by atoms with Crippen LogP contribution < -0.4 is 14.9 Å². The van der Waals surface area contributed by atoms with Crippen LogP contribution in [0.15, 0.2) is 24.3 Å². The van der Waals surface area contributed by atoms with E-state index in [-0.39, 0.29) is 30.8 Å². The van der Waals surface area contributed by atoms with Crippen LogP contribution in [0.1, 0.15) is 26.2 Å². The van der Waals surface area contributed by atoms with E-state index in [4.69, 9.17) is 0 Å². The first kappa shape index (κ1) is 18.3. The monoisotopic (exact) mass is 353 g/mol. The van der Waals surface area contributed by atoms with Crippen LogP contribution in [0.2, 0.25) is 0 Å². The van der Waals surface area contributed by atoms with E-state index in [1.807, 2.05) is 0 Å². The van der Waals surface area contributed by atoms with Crippen LogP contribution in [-0.2, 0) is 19.6 Å².